The highest BCUT2D eigenvalue weighted by atomic mass is 16.2. The van der Waals surface area contributed by atoms with Crippen LogP contribution in [0.2, 0.25) is 0 Å². The fraction of sp³-hybridized carbons (Fsp3) is 0.714. The molecule has 0 atom stereocenters. The van der Waals surface area contributed by atoms with Crippen molar-refractivity contribution in [3.8, 4) is 0 Å². The number of hydrogen-bond acceptors (Lipinski definition) is 3. The van der Waals surface area contributed by atoms with Crippen molar-refractivity contribution in [3.63, 3.8) is 0 Å². The lowest BCUT2D eigenvalue weighted by atomic mass is 10.1. The summed E-state index contributed by atoms with van der Waals surface area (Å²) in [4.78, 5) is 21.0. The largest absolute Gasteiger partial charge is 0.337 e. The van der Waals surface area contributed by atoms with Gasteiger partial charge >= 0.3 is 0 Å². The molecule has 104 valence electrons. The molecule has 1 aromatic rings. The van der Waals surface area contributed by atoms with Crippen molar-refractivity contribution in [1.82, 2.24) is 19.4 Å². The lowest BCUT2D eigenvalue weighted by Gasteiger charge is -2.31. The summed E-state index contributed by atoms with van der Waals surface area (Å²) in [6.07, 6.45) is 6.56. The number of piperidine rings is 1. The summed E-state index contributed by atoms with van der Waals surface area (Å²) in [5.74, 6) is 0.262. The normalized spacial score (nSPS) is 20.4. The number of likely N-dealkylation sites (tertiary alicyclic amines) is 1. The van der Waals surface area contributed by atoms with Crippen molar-refractivity contribution < 1.29 is 4.79 Å². The number of amides is 1. The van der Waals surface area contributed by atoms with E-state index in [1.165, 1.54) is 25.0 Å². The van der Waals surface area contributed by atoms with Crippen LogP contribution in [0.15, 0.2) is 6.33 Å². The molecule has 5 nitrogen and oxygen atoms in total. The van der Waals surface area contributed by atoms with Gasteiger partial charge in [-0.3, -0.25) is 9.69 Å². The second-order valence-electron chi connectivity index (χ2n) is 5.65. The Morgan fingerprint density at radius 2 is 2.05 bits per heavy atom. The van der Waals surface area contributed by atoms with Crippen molar-refractivity contribution in [2.24, 2.45) is 7.05 Å². The predicted molar refractivity (Wildman–Crippen MR) is 72.6 cm³/mol. The van der Waals surface area contributed by atoms with Crippen LogP contribution in [-0.2, 0) is 24.8 Å². The number of rotatable bonds is 2. The maximum absolute atomic E-state index is 12.3. The first-order chi connectivity index (χ1) is 9.24. The molecule has 0 saturated carbocycles. The van der Waals surface area contributed by atoms with Gasteiger partial charge in [0.2, 0.25) is 5.91 Å². The number of carbonyl (C=O) groups excluding carboxylic acids is 1. The number of imidazole rings is 1. The fourth-order valence-electron chi connectivity index (χ4n) is 3.08. The van der Waals surface area contributed by atoms with E-state index >= 15 is 0 Å². The molecule has 1 saturated heterocycles. The number of nitrogens with zero attached hydrogens (tertiary/aromatic N) is 4. The Balaban J connectivity index is 1.59. The molecule has 1 fully saturated rings. The average Bonchev–Trinajstić information content (AvgIpc) is 2.81. The molecule has 2 aliphatic heterocycles. The molecule has 19 heavy (non-hydrogen) atoms. The van der Waals surface area contributed by atoms with E-state index in [0.717, 1.165) is 31.7 Å². The second-order valence-corrected chi connectivity index (χ2v) is 5.65. The first-order valence-electron chi connectivity index (χ1n) is 7.23. The highest BCUT2D eigenvalue weighted by Crippen LogP contribution is 2.17. The van der Waals surface area contributed by atoms with Crippen LogP contribution < -0.4 is 0 Å². The number of aryl methyl sites for hydroxylation is 1. The summed E-state index contributed by atoms with van der Waals surface area (Å²) >= 11 is 0. The molecule has 0 radical (unpaired) electrons. The molecule has 0 spiro atoms. The minimum Gasteiger partial charge on any atom is -0.337 e. The SMILES string of the molecule is Cn1cnc2c1CCN(C(=O)CN1CCCCC1)C2. The van der Waals surface area contributed by atoms with Crippen LogP contribution in [0.25, 0.3) is 0 Å². The molecule has 0 N–H and O–H groups in total. The van der Waals surface area contributed by atoms with Crippen LogP contribution in [0.1, 0.15) is 30.7 Å². The minimum atomic E-state index is 0.262. The molecule has 5 heteroatoms. The van der Waals surface area contributed by atoms with Crippen LogP contribution in [0.3, 0.4) is 0 Å². The van der Waals surface area contributed by atoms with Gasteiger partial charge in [-0.25, -0.2) is 4.98 Å². The van der Waals surface area contributed by atoms with Gasteiger partial charge in [-0.1, -0.05) is 6.42 Å². The van der Waals surface area contributed by atoms with Crippen molar-refractivity contribution >= 4 is 5.91 Å². The average molecular weight is 262 g/mol. The molecule has 1 aromatic heterocycles. The van der Waals surface area contributed by atoms with Gasteiger partial charge in [0.15, 0.2) is 0 Å². The molecule has 0 aliphatic carbocycles. The van der Waals surface area contributed by atoms with Gasteiger partial charge in [0.1, 0.15) is 0 Å². The molecule has 3 rings (SSSR count). The minimum absolute atomic E-state index is 0.262. The Morgan fingerprint density at radius 3 is 2.84 bits per heavy atom. The van der Waals surface area contributed by atoms with E-state index < -0.39 is 0 Å². The predicted octanol–water partition coefficient (Wildman–Crippen LogP) is 0.791. The van der Waals surface area contributed by atoms with Crippen molar-refractivity contribution in [2.45, 2.75) is 32.2 Å². The Labute approximate surface area is 114 Å². The second kappa shape index (κ2) is 5.33. The van der Waals surface area contributed by atoms with E-state index in [1.807, 2.05) is 18.3 Å². The van der Waals surface area contributed by atoms with Crippen LogP contribution in [0.4, 0.5) is 0 Å². The van der Waals surface area contributed by atoms with Gasteiger partial charge in [0.25, 0.3) is 0 Å². The summed E-state index contributed by atoms with van der Waals surface area (Å²) < 4.78 is 2.07. The first-order valence-corrected chi connectivity index (χ1v) is 7.23. The topological polar surface area (TPSA) is 41.4 Å². The Bertz CT molecular complexity index is 462. The van der Waals surface area contributed by atoms with Crippen molar-refractivity contribution in [2.75, 3.05) is 26.2 Å². The fourth-order valence-corrected chi connectivity index (χ4v) is 3.08. The van der Waals surface area contributed by atoms with Crippen molar-refractivity contribution in [1.29, 1.82) is 0 Å². The first kappa shape index (κ1) is 12.7. The lowest BCUT2D eigenvalue weighted by Crippen LogP contribution is -2.44. The molecular formula is C14H22N4O. The van der Waals surface area contributed by atoms with Crippen LogP contribution in [-0.4, -0.2) is 51.4 Å². The lowest BCUT2D eigenvalue weighted by molar-refractivity contribution is -0.133. The third kappa shape index (κ3) is 2.66. The molecule has 0 aromatic carbocycles. The third-order valence-electron chi connectivity index (χ3n) is 4.27. The van der Waals surface area contributed by atoms with Gasteiger partial charge in [0.05, 0.1) is 25.1 Å². The van der Waals surface area contributed by atoms with E-state index in [9.17, 15) is 4.79 Å². The van der Waals surface area contributed by atoms with Crippen LogP contribution in [0.5, 0.6) is 0 Å². The molecule has 2 aliphatic rings. The molecule has 1 amide bonds. The number of hydrogen-bond donors (Lipinski definition) is 0. The van der Waals surface area contributed by atoms with Gasteiger partial charge < -0.3 is 9.47 Å². The van der Waals surface area contributed by atoms with Crippen LogP contribution >= 0.6 is 0 Å². The highest BCUT2D eigenvalue weighted by molar-refractivity contribution is 5.78. The monoisotopic (exact) mass is 262 g/mol. The Hall–Kier alpha value is -1.36. The van der Waals surface area contributed by atoms with Gasteiger partial charge in [-0.05, 0) is 25.9 Å². The van der Waals surface area contributed by atoms with E-state index in [1.54, 1.807) is 0 Å². The standard InChI is InChI=1S/C14H22N4O/c1-16-11-15-12-9-18(8-5-13(12)16)14(19)10-17-6-3-2-4-7-17/h11H,2-10H2,1H3. The molecule has 0 unspecified atom stereocenters. The van der Waals surface area contributed by atoms with E-state index in [-0.39, 0.29) is 5.91 Å². The quantitative estimate of drug-likeness (QED) is 0.791. The zero-order chi connectivity index (χ0) is 13.2. The summed E-state index contributed by atoms with van der Waals surface area (Å²) in [5.41, 5.74) is 2.35. The summed E-state index contributed by atoms with van der Waals surface area (Å²) in [6.45, 7) is 4.26. The zero-order valence-electron chi connectivity index (χ0n) is 11.6. The van der Waals surface area contributed by atoms with E-state index in [0.29, 0.717) is 13.1 Å². The summed E-state index contributed by atoms with van der Waals surface area (Å²) in [6, 6.07) is 0. The number of carbonyl (C=O) groups is 1. The van der Waals surface area contributed by atoms with E-state index in [4.69, 9.17) is 0 Å². The number of fused-ring (bicyclic) bond motifs is 1. The third-order valence-corrected chi connectivity index (χ3v) is 4.27. The maximum Gasteiger partial charge on any atom is 0.237 e. The van der Waals surface area contributed by atoms with Gasteiger partial charge in [-0.2, -0.15) is 0 Å². The Kier molecular flexibility index (Phi) is 3.55. The van der Waals surface area contributed by atoms with Crippen molar-refractivity contribution in [3.05, 3.63) is 17.7 Å². The zero-order valence-corrected chi connectivity index (χ0v) is 11.6. The molecule has 3 heterocycles. The molecule has 0 bridgehead atoms. The maximum atomic E-state index is 12.3. The number of aromatic nitrogens is 2. The molecular weight excluding hydrogens is 240 g/mol. The van der Waals surface area contributed by atoms with Gasteiger partial charge in [-0.15, -0.1) is 0 Å². The van der Waals surface area contributed by atoms with Gasteiger partial charge in [0, 0.05) is 25.7 Å². The smallest absolute Gasteiger partial charge is 0.237 e. The highest BCUT2D eigenvalue weighted by Gasteiger charge is 2.25. The van der Waals surface area contributed by atoms with E-state index in [2.05, 4.69) is 14.5 Å². The summed E-state index contributed by atoms with van der Waals surface area (Å²) in [5, 5.41) is 0. The van der Waals surface area contributed by atoms with Crippen LogP contribution in [0, 0.1) is 0 Å². The Morgan fingerprint density at radius 1 is 1.26 bits per heavy atom. The summed E-state index contributed by atoms with van der Waals surface area (Å²) in [7, 11) is 2.02.